The van der Waals surface area contributed by atoms with E-state index in [0.29, 0.717) is 34.5 Å². The normalized spacial score (nSPS) is 17.8. The Morgan fingerprint density at radius 3 is 2.97 bits per heavy atom. The first kappa shape index (κ1) is 24.3. The Hall–Kier alpha value is -2.36. The molecule has 0 amide bonds. The van der Waals surface area contributed by atoms with E-state index in [2.05, 4.69) is 20.1 Å². The van der Waals surface area contributed by atoms with Crippen LogP contribution in [0, 0.1) is 11.3 Å². The number of nitrogens with zero attached hydrogens (tertiary/aromatic N) is 4. The minimum absolute atomic E-state index is 0.0420. The molecule has 1 aliphatic heterocycles. The Morgan fingerprint density at radius 1 is 1.44 bits per heavy atom. The van der Waals surface area contributed by atoms with Crippen LogP contribution in [0.5, 0.6) is 5.75 Å². The summed E-state index contributed by atoms with van der Waals surface area (Å²) in [4.78, 5) is 17.4. The van der Waals surface area contributed by atoms with Gasteiger partial charge in [-0.1, -0.05) is 22.9 Å². The maximum Gasteiger partial charge on any atom is 0.303 e. The fraction of sp³-hybridized carbons (Fsp3) is 0.500. The summed E-state index contributed by atoms with van der Waals surface area (Å²) < 4.78 is 5.67. The Morgan fingerprint density at radius 2 is 2.25 bits per heavy atom. The number of halogens is 1. The largest absolute Gasteiger partial charge is 0.489 e. The van der Waals surface area contributed by atoms with E-state index in [-0.39, 0.29) is 18.4 Å². The molecule has 0 aliphatic carbocycles. The smallest absolute Gasteiger partial charge is 0.303 e. The highest BCUT2D eigenvalue weighted by atomic mass is 35.5. The molecule has 1 aromatic heterocycles. The number of carboxylic acid groups (broad SMARTS) is 1. The second-order valence-electron chi connectivity index (χ2n) is 7.99. The van der Waals surface area contributed by atoms with Crippen molar-refractivity contribution >= 4 is 46.0 Å². The second kappa shape index (κ2) is 11.5. The molecule has 1 unspecified atom stereocenters. The molecule has 0 spiro atoms. The van der Waals surface area contributed by atoms with Crippen molar-refractivity contribution in [2.45, 2.75) is 45.6 Å². The molecule has 1 saturated heterocycles. The van der Waals surface area contributed by atoms with Gasteiger partial charge in [0.05, 0.1) is 11.1 Å². The van der Waals surface area contributed by atoms with Crippen LogP contribution in [-0.2, 0) is 4.79 Å². The molecule has 0 bridgehead atoms. The van der Waals surface area contributed by atoms with Gasteiger partial charge in [-0.3, -0.25) is 4.79 Å². The predicted molar refractivity (Wildman–Crippen MR) is 128 cm³/mol. The summed E-state index contributed by atoms with van der Waals surface area (Å²) in [6.07, 6.45) is 4.09. The number of carboxylic acids is 1. The fourth-order valence-corrected chi connectivity index (χ4v) is 4.35. The van der Waals surface area contributed by atoms with E-state index in [1.807, 2.05) is 32.0 Å². The molecule has 2 N–H and O–H groups in total. The highest BCUT2D eigenvalue weighted by Crippen LogP contribution is 2.34. The predicted octanol–water partition coefficient (Wildman–Crippen LogP) is 4.94. The van der Waals surface area contributed by atoms with Gasteiger partial charge in [-0.15, -0.1) is 10.2 Å². The first-order chi connectivity index (χ1) is 15.3. The Bertz CT molecular complexity index is 978. The van der Waals surface area contributed by atoms with Gasteiger partial charge in [0.1, 0.15) is 10.8 Å². The van der Waals surface area contributed by atoms with Crippen LogP contribution in [0.1, 0.15) is 39.5 Å². The first-order valence-corrected chi connectivity index (χ1v) is 11.9. The third-order valence-corrected chi connectivity index (χ3v) is 6.26. The Labute approximate surface area is 196 Å². The van der Waals surface area contributed by atoms with Gasteiger partial charge < -0.3 is 20.2 Å². The summed E-state index contributed by atoms with van der Waals surface area (Å²) in [7, 11) is 0. The van der Waals surface area contributed by atoms with Crippen LogP contribution in [-0.4, -0.2) is 63.8 Å². The van der Waals surface area contributed by atoms with Crippen molar-refractivity contribution < 1.29 is 14.6 Å². The van der Waals surface area contributed by atoms with E-state index < -0.39 is 5.97 Å². The maximum atomic E-state index is 10.7. The number of aliphatic carboxylic acids is 1. The molecule has 1 aliphatic rings. The quantitative estimate of drug-likeness (QED) is 0.494. The van der Waals surface area contributed by atoms with Crippen molar-refractivity contribution in [2.24, 2.45) is 10.9 Å². The fourth-order valence-electron chi connectivity index (χ4n) is 3.44. The summed E-state index contributed by atoms with van der Waals surface area (Å²) >= 11 is 7.70. The molecule has 1 atom stereocenters. The Kier molecular flexibility index (Phi) is 8.72. The molecule has 0 saturated carbocycles. The number of hydrogen-bond donors (Lipinski definition) is 2. The van der Waals surface area contributed by atoms with E-state index in [9.17, 15) is 4.79 Å². The molecule has 172 valence electrons. The number of aliphatic imine (C=N–C) groups is 1. The number of hydrogen-bond acceptors (Lipinski definition) is 8. The van der Waals surface area contributed by atoms with Crippen molar-refractivity contribution in [2.75, 3.05) is 19.6 Å². The van der Waals surface area contributed by atoms with Gasteiger partial charge in [0.25, 0.3) is 0 Å². The lowest BCUT2D eigenvalue weighted by Crippen LogP contribution is -2.26. The monoisotopic (exact) mass is 477 g/mol. The topological polar surface area (TPSA) is 112 Å². The summed E-state index contributed by atoms with van der Waals surface area (Å²) in [5, 5.41) is 27.3. The molecule has 0 radical (unpaired) electrons. The van der Waals surface area contributed by atoms with Crippen LogP contribution >= 0.6 is 22.9 Å². The van der Waals surface area contributed by atoms with Gasteiger partial charge in [0.2, 0.25) is 5.13 Å². The standard InChI is InChI=1S/C22H28ClN5O3S/c1-14(2)31-19-6-5-15(12-17(19)23)21-26-27-22(32-21)25-13-16-7-10-28(11-8-18(16)24)9-3-4-20(29)30/h5-6,12-14,16,24H,3-4,7-11H2,1-2H3,(H,29,30). The van der Waals surface area contributed by atoms with E-state index in [1.54, 1.807) is 6.21 Å². The lowest BCUT2D eigenvalue weighted by molar-refractivity contribution is -0.137. The summed E-state index contributed by atoms with van der Waals surface area (Å²) in [5.74, 6) is -0.179. The van der Waals surface area contributed by atoms with Gasteiger partial charge in [-0.05, 0) is 64.4 Å². The molecular weight excluding hydrogens is 450 g/mol. The average Bonchev–Trinajstić information content (AvgIpc) is 3.13. The number of carbonyl (C=O) groups is 1. The van der Waals surface area contributed by atoms with E-state index >= 15 is 0 Å². The highest BCUT2D eigenvalue weighted by molar-refractivity contribution is 7.18. The number of benzene rings is 1. The molecular formula is C22H28ClN5O3S. The van der Waals surface area contributed by atoms with Crippen molar-refractivity contribution in [1.82, 2.24) is 15.1 Å². The van der Waals surface area contributed by atoms with Gasteiger partial charge in [-0.2, -0.15) is 0 Å². The second-order valence-corrected chi connectivity index (χ2v) is 9.35. The van der Waals surface area contributed by atoms with Gasteiger partial charge >= 0.3 is 5.97 Å². The van der Waals surface area contributed by atoms with Crippen LogP contribution in [0.2, 0.25) is 5.02 Å². The number of rotatable bonds is 9. The van der Waals surface area contributed by atoms with Crippen LogP contribution < -0.4 is 4.74 Å². The molecule has 8 nitrogen and oxygen atoms in total. The summed E-state index contributed by atoms with van der Waals surface area (Å²) in [6.45, 7) is 6.24. The minimum atomic E-state index is -0.767. The zero-order valence-corrected chi connectivity index (χ0v) is 19.8. The van der Waals surface area contributed by atoms with Crippen molar-refractivity contribution in [3.8, 4) is 16.3 Å². The van der Waals surface area contributed by atoms with Crippen LogP contribution in [0.15, 0.2) is 23.2 Å². The van der Waals surface area contributed by atoms with E-state index in [4.69, 9.17) is 26.9 Å². The SMILES string of the molecule is CC(C)Oc1ccc(-c2nnc(N=CC3CCN(CCCC(=O)O)CCC3=N)s2)cc1Cl. The van der Waals surface area contributed by atoms with Crippen LogP contribution in [0.3, 0.4) is 0 Å². The lowest BCUT2D eigenvalue weighted by atomic mass is 10.00. The van der Waals surface area contributed by atoms with Crippen LogP contribution in [0.25, 0.3) is 10.6 Å². The zero-order chi connectivity index (χ0) is 23.1. The minimum Gasteiger partial charge on any atom is -0.489 e. The number of likely N-dealkylation sites (tertiary alicyclic amines) is 1. The van der Waals surface area contributed by atoms with Gasteiger partial charge in [-0.25, -0.2) is 4.99 Å². The summed E-state index contributed by atoms with van der Waals surface area (Å²) in [6, 6.07) is 5.54. The van der Waals surface area contributed by atoms with Crippen LogP contribution in [0.4, 0.5) is 5.13 Å². The van der Waals surface area contributed by atoms with Crippen molar-refractivity contribution in [3.05, 3.63) is 23.2 Å². The lowest BCUT2D eigenvalue weighted by Gasteiger charge is -2.18. The molecule has 1 aromatic carbocycles. The van der Waals surface area contributed by atoms with Gasteiger partial charge in [0, 0.05) is 36.4 Å². The molecule has 1 fully saturated rings. The summed E-state index contributed by atoms with van der Waals surface area (Å²) in [5.41, 5.74) is 1.50. The third-order valence-electron chi connectivity index (χ3n) is 5.09. The molecule has 2 aromatic rings. The average molecular weight is 478 g/mol. The molecule has 10 heteroatoms. The molecule has 32 heavy (non-hydrogen) atoms. The highest BCUT2D eigenvalue weighted by Gasteiger charge is 2.20. The first-order valence-electron chi connectivity index (χ1n) is 10.7. The third kappa shape index (κ3) is 7.08. The number of ether oxygens (including phenoxy) is 1. The number of nitrogens with one attached hydrogen (secondary N) is 1. The van der Waals surface area contributed by atoms with Gasteiger partial charge in [0.15, 0.2) is 0 Å². The van der Waals surface area contributed by atoms with Crippen molar-refractivity contribution in [1.29, 1.82) is 5.41 Å². The van der Waals surface area contributed by atoms with E-state index in [1.165, 1.54) is 11.3 Å². The zero-order valence-electron chi connectivity index (χ0n) is 18.3. The molecule has 3 rings (SSSR count). The maximum absolute atomic E-state index is 10.7. The Balaban J connectivity index is 1.60. The number of aromatic nitrogens is 2. The van der Waals surface area contributed by atoms with E-state index in [0.717, 1.165) is 36.6 Å². The molecule has 2 heterocycles. The van der Waals surface area contributed by atoms with Crippen molar-refractivity contribution in [3.63, 3.8) is 0 Å².